The van der Waals surface area contributed by atoms with Crippen molar-refractivity contribution in [1.82, 2.24) is 9.78 Å². The van der Waals surface area contributed by atoms with E-state index in [4.69, 9.17) is 5.73 Å². The minimum absolute atomic E-state index is 0.202. The average molecular weight is 243 g/mol. The van der Waals surface area contributed by atoms with Gasteiger partial charge in [-0.05, 0) is 25.2 Å². The molecule has 1 saturated heterocycles. The summed E-state index contributed by atoms with van der Waals surface area (Å²) in [4.78, 5) is 0. The Hall–Kier alpha value is -1.04. The summed E-state index contributed by atoms with van der Waals surface area (Å²) in [5.41, 5.74) is 6.57. The molecule has 5 nitrogen and oxygen atoms in total. The zero-order valence-corrected chi connectivity index (χ0v) is 10.2. The van der Waals surface area contributed by atoms with E-state index in [1.807, 2.05) is 6.07 Å². The highest BCUT2D eigenvalue weighted by Gasteiger charge is 2.25. The van der Waals surface area contributed by atoms with E-state index in [2.05, 4.69) is 5.10 Å². The molecule has 1 aromatic rings. The molecule has 6 heteroatoms. The lowest BCUT2D eigenvalue weighted by atomic mass is 10.00. The van der Waals surface area contributed by atoms with E-state index < -0.39 is 9.84 Å². The molecular formula is C10H17N3O2S. The summed E-state index contributed by atoms with van der Waals surface area (Å²) in [6.45, 7) is 0. The summed E-state index contributed by atoms with van der Waals surface area (Å²) in [7, 11) is -1.03. The number of anilines is 1. The number of nitrogens with two attached hydrogens (primary N) is 1. The number of rotatable bonds is 2. The maximum Gasteiger partial charge on any atom is 0.150 e. The Morgan fingerprint density at radius 1 is 1.62 bits per heavy atom. The molecule has 2 heterocycles. The number of hydrogen-bond donors (Lipinski definition) is 1. The van der Waals surface area contributed by atoms with Gasteiger partial charge in [0.25, 0.3) is 0 Å². The first-order valence-corrected chi connectivity index (χ1v) is 7.27. The molecule has 0 aliphatic carbocycles. The Bertz CT molecular complexity index is 459. The third-order valence-corrected chi connectivity index (χ3v) is 4.91. The van der Waals surface area contributed by atoms with Crippen molar-refractivity contribution in [2.75, 3.05) is 17.2 Å². The van der Waals surface area contributed by atoms with Crippen molar-refractivity contribution < 1.29 is 8.42 Å². The third-order valence-electron chi connectivity index (χ3n) is 3.02. The highest BCUT2D eigenvalue weighted by atomic mass is 32.2. The van der Waals surface area contributed by atoms with Gasteiger partial charge < -0.3 is 5.73 Å². The smallest absolute Gasteiger partial charge is 0.150 e. The molecule has 0 aromatic carbocycles. The molecule has 1 aliphatic heterocycles. The molecule has 0 saturated carbocycles. The van der Waals surface area contributed by atoms with Gasteiger partial charge in [-0.3, -0.25) is 4.68 Å². The fourth-order valence-electron chi connectivity index (χ4n) is 2.22. The number of nitrogen functional groups attached to an aromatic ring is 1. The second-order valence-corrected chi connectivity index (χ2v) is 6.74. The summed E-state index contributed by atoms with van der Waals surface area (Å²) in [5.74, 6) is 1.46. The number of aromatic nitrogens is 2. The summed E-state index contributed by atoms with van der Waals surface area (Å²) in [6, 6.07) is 1.82. The summed E-state index contributed by atoms with van der Waals surface area (Å²) in [6.07, 6.45) is 2.45. The standard InChI is InChI=1S/C10H17N3O2S/c1-13-10(11)6-9(12-13)5-8-3-2-4-16(14,15)7-8/h6,8H,2-5,7,11H2,1H3. The normalized spacial score (nSPS) is 24.4. The van der Waals surface area contributed by atoms with E-state index in [9.17, 15) is 8.42 Å². The van der Waals surface area contributed by atoms with E-state index in [-0.39, 0.29) is 5.92 Å². The van der Waals surface area contributed by atoms with E-state index in [1.54, 1.807) is 11.7 Å². The first kappa shape index (κ1) is 11.4. The second kappa shape index (κ2) is 4.08. The molecule has 1 atom stereocenters. The zero-order valence-electron chi connectivity index (χ0n) is 9.39. The van der Waals surface area contributed by atoms with Crippen molar-refractivity contribution in [3.8, 4) is 0 Å². The molecule has 2 rings (SSSR count). The van der Waals surface area contributed by atoms with Crippen LogP contribution in [0.15, 0.2) is 6.07 Å². The average Bonchev–Trinajstić information content (AvgIpc) is 2.43. The van der Waals surface area contributed by atoms with Crippen LogP contribution in [0.2, 0.25) is 0 Å². The van der Waals surface area contributed by atoms with Gasteiger partial charge in [-0.15, -0.1) is 0 Å². The van der Waals surface area contributed by atoms with Gasteiger partial charge in [0.1, 0.15) is 5.82 Å². The molecule has 1 unspecified atom stereocenters. The number of hydrogen-bond acceptors (Lipinski definition) is 4. The van der Waals surface area contributed by atoms with Gasteiger partial charge in [-0.2, -0.15) is 5.10 Å². The third kappa shape index (κ3) is 2.55. The van der Waals surface area contributed by atoms with Gasteiger partial charge in [-0.25, -0.2) is 8.42 Å². The monoisotopic (exact) mass is 243 g/mol. The highest BCUT2D eigenvalue weighted by molar-refractivity contribution is 7.91. The summed E-state index contributed by atoms with van der Waals surface area (Å²) >= 11 is 0. The molecule has 1 aromatic heterocycles. The van der Waals surface area contributed by atoms with Gasteiger partial charge in [0.2, 0.25) is 0 Å². The first-order valence-electron chi connectivity index (χ1n) is 5.45. The maximum absolute atomic E-state index is 11.5. The molecule has 90 valence electrons. The van der Waals surface area contributed by atoms with E-state index in [1.165, 1.54) is 0 Å². The van der Waals surface area contributed by atoms with Crippen LogP contribution in [-0.4, -0.2) is 29.7 Å². The lowest BCUT2D eigenvalue weighted by Gasteiger charge is -2.20. The van der Waals surface area contributed by atoms with E-state index in [0.29, 0.717) is 23.7 Å². The van der Waals surface area contributed by atoms with Crippen LogP contribution in [0.3, 0.4) is 0 Å². The number of nitrogens with zero attached hydrogens (tertiary/aromatic N) is 2. The fraction of sp³-hybridized carbons (Fsp3) is 0.700. The molecule has 0 amide bonds. The van der Waals surface area contributed by atoms with E-state index in [0.717, 1.165) is 18.5 Å². The Labute approximate surface area is 95.6 Å². The van der Waals surface area contributed by atoms with Gasteiger partial charge in [0.05, 0.1) is 17.2 Å². The molecule has 0 spiro atoms. The fourth-order valence-corrected chi connectivity index (χ4v) is 3.99. The molecule has 1 fully saturated rings. The van der Waals surface area contributed by atoms with Crippen LogP contribution >= 0.6 is 0 Å². The lowest BCUT2D eigenvalue weighted by Crippen LogP contribution is -2.26. The van der Waals surface area contributed by atoms with Crippen LogP contribution in [0.1, 0.15) is 18.5 Å². The van der Waals surface area contributed by atoms with Crippen molar-refractivity contribution in [3.05, 3.63) is 11.8 Å². The van der Waals surface area contributed by atoms with E-state index >= 15 is 0 Å². The maximum atomic E-state index is 11.5. The Morgan fingerprint density at radius 2 is 2.38 bits per heavy atom. The molecule has 0 radical (unpaired) electrons. The summed E-state index contributed by atoms with van der Waals surface area (Å²) < 4.78 is 24.6. The predicted octanol–water partition coefficient (Wildman–Crippen LogP) is 0.370. The molecule has 2 N–H and O–H groups in total. The van der Waals surface area contributed by atoms with Crippen molar-refractivity contribution in [3.63, 3.8) is 0 Å². The van der Waals surface area contributed by atoms with Crippen LogP contribution in [0.25, 0.3) is 0 Å². The van der Waals surface area contributed by atoms with Gasteiger partial charge >= 0.3 is 0 Å². The van der Waals surface area contributed by atoms with Crippen LogP contribution in [0.4, 0.5) is 5.82 Å². The largest absolute Gasteiger partial charge is 0.384 e. The number of aryl methyl sites for hydroxylation is 1. The van der Waals surface area contributed by atoms with Crippen LogP contribution in [0, 0.1) is 5.92 Å². The van der Waals surface area contributed by atoms with Crippen LogP contribution < -0.4 is 5.73 Å². The van der Waals surface area contributed by atoms with Gasteiger partial charge in [0, 0.05) is 13.1 Å². The van der Waals surface area contributed by atoms with Crippen molar-refractivity contribution in [1.29, 1.82) is 0 Å². The molecule has 1 aliphatic rings. The van der Waals surface area contributed by atoms with Crippen LogP contribution in [0.5, 0.6) is 0 Å². The van der Waals surface area contributed by atoms with Gasteiger partial charge in [0.15, 0.2) is 9.84 Å². The van der Waals surface area contributed by atoms with Crippen LogP contribution in [-0.2, 0) is 23.3 Å². The zero-order chi connectivity index (χ0) is 11.8. The Balaban J connectivity index is 2.05. The quantitative estimate of drug-likeness (QED) is 0.814. The molecular weight excluding hydrogens is 226 g/mol. The Kier molecular flexibility index (Phi) is 2.92. The first-order chi connectivity index (χ1) is 7.46. The number of sulfone groups is 1. The van der Waals surface area contributed by atoms with Crippen molar-refractivity contribution in [2.24, 2.45) is 13.0 Å². The minimum Gasteiger partial charge on any atom is -0.384 e. The SMILES string of the molecule is Cn1nc(CC2CCCS(=O)(=O)C2)cc1N. The van der Waals surface area contributed by atoms with Gasteiger partial charge in [-0.1, -0.05) is 0 Å². The molecule has 16 heavy (non-hydrogen) atoms. The second-order valence-electron chi connectivity index (χ2n) is 4.51. The molecule has 0 bridgehead atoms. The summed E-state index contributed by atoms with van der Waals surface area (Å²) in [5, 5.41) is 4.25. The van der Waals surface area contributed by atoms with Crippen molar-refractivity contribution >= 4 is 15.7 Å². The lowest BCUT2D eigenvalue weighted by molar-refractivity contribution is 0.478. The minimum atomic E-state index is -2.82. The van der Waals surface area contributed by atoms with Crippen molar-refractivity contribution in [2.45, 2.75) is 19.3 Å². The highest BCUT2D eigenvalue weighted by Crippen LogP contribution is 2.22. The predicted molar refractivity (Wildman–Crippen MR) is 62.7 cm³/mol. The Morgan fingerprint density at radius 3 is 2.94 bits per heavy atom. The topological polar surface area (TPSA) is 78.0 Å².